The van der Waals surface area contributed by atoms with Crippen LogP contribution in [0.2, 0.25) is 0 Å². The highest BCUT2D eigenvalue weighted by Gasteiger charge is 2.19. The Balaban J connectivity index is 1.61. The minimum absolute atomic E-state index is 0.0982. The number of aryl methyl sites for hydroxylation is 1. The molecular weight excluding hydrogens is 440 g/mol. The fraction of sp³-hybridized carbons (Fsp3) is 0.250. The van der Waals surface area contributed by atoms with Crippen LogP contribution in [0.4, 0.5) is 0 Å². The predicted molar refractivity (Wildman–Crippen MR) is 128 cm³/mol. The first-order valence-corrected chi connectivity index (χ1v) is 11.3. The van der Waals surface area contributed by atoms with Gasteiger partial charge in [0.1, 0.15) is 12.4 Å². The van der Waals surface area contributed by atoms with Gasteiger partial charge in [-0.05, 0) is 24.6 Å². The van der Waals surface area contributed by atoms with Crippen LogP contribution >= 0.6 is 11.3 Å². The fourth-order valence-corrected chi connectivity index (χ4v) is 4.31. The van der Waals surface area contributed by atoms with E-state index in [2.05, 4.69) is 9.97 Å². The molecule has 170 valence electrons. The Hall–Kier alpha value is -3.56. The number of aromatic amines is 1. The van der Waals surface area contributed by atoms with Gasteiger partial charge in [-0.1, -0.05) is 53.3 Å². The van der Waals surface area contributed by atoms with Gasteiger partial charge in [-0.3, -0.25) is 19.0 Å². The molecule has 1 amide bonds. The summed E-state index contributed by atoms with van der Waals surface area (Å²) in [6.07, 6.45) is 0. The van der Waals surface area contributed by atoms with Crippen LogP contribution in [0.5, 0.6) is 0 Å². The van der Waals surface area contributed by atoms with Gasteiger partial charge in [-0.25, -0.2) is 4.98 Å². The van der Waals surface area contributed by atoms with Gasteiger partial charge in [0.25, 0.3) is 5.56 Å². The molecule has 33 heavy (non-hydrogen) atoms. The Bertz CT molecular complexity index is 1390. The first kappa shape index (κ1) is 22.6. The van der Waals surface area contributed by atoms with Crippen LogP contribution in [0.25, 0.3) is 22.2 Å². The van der Waals surface area contributed by atoms with Crippen LogP contribution in [0.1, 0.15) is 11.4 Å². The maximum absolute atomic E-state index is 13.3. The molecule has 4 aromatic rings. The van der Waals surface area contributed by atoms with Crippen LogP contribution in [0.15, 0.2) is 63.5 Å². The molecule has 0 aliphatic rings. The number of nitrogens with one attached hydrogen (secondary N) is 1. The quantitative estimate of drug-likeness (QED) is 0.433. The van der Waals surface area contributed by atoms with Gasteiger partial charge >= 0.3 is 4.87 Å². The molecule has 0 saturated carbocycles. The average Bonchev–Trinajstić information content (AvgIpc) is 3.17. The molecule has 4 rings (SSSR count). The van der Waals surface area contributed by atoms with Gasteiger partial charge in [0.2, 0.25) is 5.91 Å². The first-order valence-electron chi connectivity index (χ1n) is 10.5. The first-order chi connectivity index (χ1) is 16.0. The maximum atomic E-state index is 13.3. The van der Waals surface area contributed by atoms with Crippen molar-refractivity contribution in [2.24, 2.45) is 0 Å². The van der Waals surface area contributed by atoms with Crippen molar-refractivity contribution in [3.63, 3.8) is 0 Å². The number of carbonyl (C=O) groups is 1. The van der Waals surface area contributed by atoms with Crippen LogP contribution < -0.4 is 10.4 Å². The fourth-order valence-electron chi connectivity index (χ4n) is 3.55. The molecule has 0 atom stereocenters. The van der Waals surface area contributed by atoms with Gasteiger partial charge in [0, 0.05) is 19.0 Å². The number of nitrogens with zero attached hydrogens (tertiary/aromatic N) is 3. The summed E-state index contributed by atoms with van der Waals surface area (Å²) in [6, 6.07) is 14.9. The van der Waals surface area contributed by atoms with E-state index in [0.29, 0.717) is 35.6 Å². The molecule has 0 aliphatic heterocycles. The summed E-state index contributed by atoms with van der Waals surface area (Å²) in [6.45, 7) is 2.58. The number of amides is 1. The van der Waals surface area contributed by atoms with E-state index in [0.717, 1.165) is 22.5 Å². The third-order valence-electron chi connectivity index (χ3n) is 5.34. The third-order valence-corrected chi connectivity index (χ3v) is 6.11. The van der Waals surface area contributed by atoms with Gasteiger partial charge in [-0.15, -0.1) is 0 Å². The molecule has 8 nitrogen and oxygen atoms in total. The zero-order chi connectivity index (χ0) is 23.4. The normalized spacial score (nSPS) is 11.1. The molecule has 0 unspecified atom stereocenters. The van der Waals surface area contributed by atoms with E-state index < -0.39 is 0 Å². The predicted octanol–water partition coefficient (Wildman–Crippen LogP) is 2.80. The Morgan fingerprint density at radius 1 is 1.15 bits per heavy atom. The Labute approximate surface area is 194 Å². The molecule has 2 aromatic heterocycles. The summed E-state index contributed by atoms with van der Waals surface area (Å²) in [5.41, 5.74) is 2.98. The molecule has 0 aliphatic carbocycles. The number of para-hydroxylation sites is 1. The van der Waals surface area contributed by atoms with E-state index in [1.807, 2.05) is 37.3 Å². The summed E-state index contributed by atoms with van der Waals surface area (Å²) in [7, 11) is 1.55. The second-order valence-electron chi connectivity index (χ2n) is 7.68. The van der Waals surface area contributed by atoms with Gasteiger partial charge in [0.15, 0.2) is 0 Å². The number of aromatic nitrogens is 3. The Kier molecular flexibility index (Phi) is 6.81. The number of ether oxygens (including phenoxy) is 1. The van der Waals surface area contributed by atoms with Crippen molar-refractivity contribution in [1.29, 1.82) is 0 Å². The second kappa shape index (κ2) is 9.93. The molecule has 0 radical (unpaired) electrons. The molecule has 9 heteroatoms. The van der Waals surface area contributed by atoms with Crippen molar-refractivity contribution in [1.82, 2.24) is 19.4 Å². The average molecular weight is 465 g/mol. The zero-order valence-electron chi connectivity index (χ0n) is 18.4. The number of hydrogen-bond donors (Lipinski definition) is 1. The largest absolute Gasteiger partial charge is 0.383 e. The van der Waals surface area contributed by atoms with Crippen LogP contribution in [0, 0.1) is 6.92 Å². The number of H-pyrrole nitrogens is 1. The summed E-state index contributed by atoms with van der Waals surface area (Å²) in [5, 5.41) is 2.26. The van der Waals surface area contributed by atoms with Crippen molar-refractivity contribution in [2.45, 2.75) is 20.0 Å². The van der Waals surface area contributed by atoms with Gasteiger partial charge in [-0.2, -0.15) is 0 Å². The molecule has 0 spiro atoms. The lowest BCUT2D eigenvalue weighted by Gasteiger charge is -2.22. The van der Waals surface area contributed by atoms with E-state index in [1.54, 1.807) is 35.6 Å². The van der Waals surface area contributed by atoms with Crippen LogP contribution in [-0.4, -0.2) is 45.6 Å². The van der Waals surface area contributed by atoms with Gasteiger partial charge in [0.05, 0.1) is 29.7 Å². The highest BCUT2D eigenvalue weighted by Crippen LogP contribution is 2.21. The van der Waals surface area contributed by atoms with Crippen molar-refractivity contribution in [3.8, 4) is 11.3 Å². The molecule has 1 N–H and O–H groups in total. The lowest BCUT2D eigenvalue weighted by Crippen LogP contribution is -2.38. The molecule has 0 bridgehead atoms. The number of methoxy groups -OCH3 is 1. The zero-order valence-corrected chi connectivity index (χ0v) is 19.2. The maximum Gasteiger partial charge on any atom is 0.308 e. The number of thiazole rings is 1. The van der Waals surface area contributed by atoms with Crippen LogP contribution in [0.3, 0.4) is 0 Å². The van der Waals surface area contributed by atoms with E-state index >= 15 is 0 Å². The standard InChI is InChI=1S/C24H24N4O4S/c1-16-7-9-17(10-8-16)20-15-33-24(31)28(20)14-22(29)27(11-12-32-2)13-21-25-19-6-4-3-5-18(19)23(30)26-21/h3-10,15H,11-14H2,1-2H3,(H,25,26,30). The van der Waals surface area contributed by atoms with E-state index in [4.69, 9.17) is 4.74 Å². The van der Waals surface area contributed by atoms with Gasteiger partial charge < -0.3 is 14.6 Å². The minimum Gasteiger partial charge on any atom is -0.383 e. The van der Waals surface area contributed by atoms with Crippen molar-refractivity contribution in [2.75, 3.05) is 20.3 Å². The van der Waals surface area contributed by atoms with Crippen molar-refractivity contribution < 1.29 is 9.53 Å². The van der Waals surface area contributed by atoms with E-state index in [1.165, 1.54) is 4.57 Å². The highest BCUT2D eigenvalue weighted by atomic mass is 32.1. The summed E-state index contributed by atoms with van der Waals surface area (Å²) >= 11 is 1.06. The number of hydrogen-bond acceptors (Lipinski definition) is 6. The van der Waals surface area contributed by atoms with Crippen molar-refractivity contribution >= 4 is 28.1 Å². The molecule has 2 aromatic carbocycles. The number of carbonyl (C=O) groups excluding carboxylic acids is 1. The lowest BCUT2D eigenvalue weighted by atomic mass is 10.1. The topological polar surface area (TPSA) is 97.3 Å². The van der Waals surface area contributed by atoms with Crippen molar-refractivity contribution in [3.05, 3.63) is 85.3 Å². The SMILES string of the molecule is COCCN(Cc1nc2ccccc2c(=O)[nH]1)C(=O)Cn1c(-c2ccc(C)cc2)csc1=O. The third kappa shape index (κ3) is 5.10. The molecule has 2 heterocycles. The highest BCUT2D eigenvalue weighted by molar-refractivity contribution is 7.07. The summed E-state index contributed by atoms with van der Waals surface area (Å²) in [4.78, 5) is 46.8. The molecular formula is C24H24N4O4S. The van der Waals surface area contributed by atoms with E-state index in [9.17, 15) is 14.4 Å². The summed E-state index contributed by atoms with van der Waals surface area (Å²) in [5.74, 6) is 0.108. The van der Waals surface area contributed by atoms with E-state index in [-0.39, 0.29) is 29.4 Å². The molecule has 0 saturated heterocycles. The minimum atomic E-state index is -0.267. The number of rotatable bonds is 8. The summed E-state index contributed by atoms with van der Waals surface area (Å²) < 4.78 is 6.64. The monoisotopic (exact) mass is 464 g/mol. The number of fused-ring (bicyclic) bond motifs is 1. The Morgan fingerprint density at radius 3 is 2.67 bits per heavy atom. The smallest absolute Gasteiger partial charge is 0.308 e. The Morgan fingerprint density at radius 2 is 1.91 bits per heavy atom. The van der Waals surface area contributed by atoms with Crippen LogP contribution in [-0.2, 0) is 22.6 Å². The molecule has 0 fully saturated rings. The lowest BCUT2D eigenvalue weighted by molar-refractivity contribution is -0.133. The second-order valence-corrected chi connectivity index (χ2v) is 8.50. The number of benzene rings is 2.